The first-order chi connectivity index (χ1) is 12.0. The Balaban J connectivity index is 1.75. The van der Waals surface area contributed by atoms with Gasteiger partial charge in [0, 0.05) is 34.0 Å². The first-order valence-corrected chi connectivity index (χ1v) is 9.24. The second kappa shape index (κ2) is 6.28. The second-order valence-corrected chi connectivity index (χ2v) is 7.92. The number of hydrogen-bond acceptors (Lipinski definition) is 4. The third-order valence-electron chi connectivity index (χ3n) is 4.40. The molecule has 1 aliphatic heterocycles. The van der Waals surface area contributed by atoms with Gasteiger partial charge in [0.15, 0.2) is 0 Å². The summed E-state index contributed by atoms with van der Waals surface area (Å²) >= 11 is 7.60. The summed E-state index contributed by atoms with van der Waals surface area (Å²) < 4.78 is 1.87. The number of carbonyl (C=O) groups is 1. The van der Waals surface area contributed by atoms with Crippen molar-refractivity contribution < 1.29 is 4.79 Å². The van der Waals surface area contributed by atoms with E-state index in [1.165, 1.54) is 0 Å². The Morgan fingerprint density at radius 3 is 2.76 bits per heavy atom. The van der Waals surface area contributed by atoms with Crippen molar-refractivity contribution in [3.8, 4) is 0 Å². The van der Waals surface area contributed by atoms with Gasteiger partial charge >= 0.3 is 0 Å². The second-order valence-electron chi connectivity index (χ2n) is 6.22. The van der Waals surface area contributed by atoms with Gasteiger partial charge in [-0.05, 0) is 31.5 Å². The highest BCUT2D eigenvalue weighted by molar-refractivity contribution is 7.11. The van der Waals surface area contributed by atoms with Crippen molar-refractivity contribution in [2.24, 2.45) is 0 Å². The van der Waals surface area contributed by atoms with Crippen LogP contribution in [0.15, 0.2) is 30.5 Å². The molecule has 1 unspecified atom stereocenters. The number of carbonyl (C=O) groups excluding carboxylic acids is 1. The molecule has 0 saturated carbocycles. The van der Waals surface area contributed by atoms with Gasteiger partial charge in [-0.1, -0.05) is 23.7 Å². The number of halogens is 1. The third-order valence-corrected chi connectivity index (χ3v) is 5.68. The summed E-state index contributed by atoms with van der Waals surface area (Å²) in [6, 6.07) is 7.67. The Morgan fingerprint density at radius 2 is 2.08 bits per heavy atom. The molecule has 0 aliphatic carbocycles. The van der Waals surface area contributed by atoms with E-state index >= 15 is 0 Å². The van der Waals surface area contributed by atoms with Crippen LogP contribution < -0.4 is 5.32 Å². The van der Waals surface area contributed by atoms with E-state index in [9.17, 15) is 4.79 Å². The van der Waals surface area contributed by atoms with Gasteiger partial charge in [-0.3, -0.25) is 4.79 Å². The lowest BCUT2D eigenvalue weighted by molar-refractivity contribution is -0.116. The molecule has 3 heterocycles. The minimum absolute atomic E-state index is 0.0146. The maximum Gasteiger partial charge on any atom is 0.226 e. The molecule has 1 amide bonds. The summed E-state index contributed by atoms with van der Waals surface area (Å²) in [7, 11) is 0. The van der Waals surface area contributed by atoms with E-state index < -0.39 is 0 Å². The Labute approximate surface area is 154 Å². The molecule has 4 rings (SSSR count). The van der Waals surface area contributed by atoms with Crippen LogP contribution in [0.1, 0.15) is 39.0 Å². The van der Waals surface area contributed by atoms with Gasteiger partial charge in [0.1, 0.15) is 5.82 Å². The Kier molecular flexibility index (Phi) is 4.09. The zero-order valence-corrected chi connectivity index (χ0v) is 15.5. The molecule has 0 fully saturated rings. The zero-order valence-electron chi connectivity index (χ0n) is 13.9. The summed E-state index contributed by atoms with van der Waals surface area (Å²) in [6.07, 6.45) is 2.31. The summed E-state index contributed by atoms with van der Waals surface area (Å²) in [5.41, 5.74) is 3.12. The van der Waals surface area contributed by atoms with E-state index in [1.807, 2.05) is 49.0 Å². The molecule has 25 heavy (non-hydrogen) atoms. The van der Waals surface area contributed by atoms with Crippen molar-refractivity contribution in [2.75, 3.05) is 5.32 Å². The van der Waals surface area contributed by atoms with Gasteiger partial charge in [0.25, 0.3) is 0 Å². The molecule has 1 atom stereocenters. The van der Waals surface area contributed by atoms with E-state index in [2.05, 4.69) is 15.4 Å². The molecule has 0 spiro atoms. The minimum Gasteiger partial charge on any atom is -0.311 e. The number of hydrogen-bond donors (Lipinski definition) is 1. The number of anilines is 1. The van der Waals surface area contributed by atoms with Crippen LogP contribution in [0.25, 0.3) is 0 Å². The molecule has 2 aromatic heterocycles. The predicted octanol–water partition coefficient (Wildman–Crippen LogP) is 4.13. The van der Waals surface area contributed by atoms with E-state index in [4.69, 9.17) is 11.6 Å². The fraction of sp³-hybridized carbons (Fsp3) is 0.278. The fourth-order valence-corrected chi connectivity index (χ4v) is 4.30. The van der Waals surface area contributed by atoms with Gasteiger partial charge in [-0.15, -0.1) is 11.3 Å². The van der Waals surface area contributed by atoms with E-state index in [0.717, 1.165) is 32.5 Å². The number of amides is 1. The lowest BCUT2D eigenvalue weighted by Gasteiger charge is -2.23. The topological polar surface area (TPSA) is 59.8 Å². The number of fused-ring (bicyclic) bond motifs is 1. The molecule has 128 valence electrons. The highest BCUT2D eigenvalue weighted by atomic mass is 35.5. The van der Waals surface area contributed by atoms with Crippen molar-refractivity contribution in [2.45, 2.75) is 32.7 Å². The summed E-state index contributed by atoms with van der Waals surface area (Å²) in [5.74, 6) is 0.828. The third kappa shape index (κ3) is 3.07. The number of nitrogens with zero attached hydrogens (tertiary/aromatic N) is 3. The molecule has 0 bridgehead atoms. The van der Waals surface area contributed by atoms with Crippen molar-refractivity contribution in [3.05, 3.63) is 62.2 Å². The molecular formula is C18H17ClN4OS. The summed E-state index contributed by atoms with van der Waals surface area (Å²) in [6.45, 7) is 4.56. The average Bonchev–Trinajstić information content (AvgIpc) is 3.13. The van der Waals surface area contributed by atoms with Crippen molar-refractivity contribution in [1.29, 1.82) is 0 Å². The number of aromatic nitrogens is 3. The van der Waals surface area contributed by atoms with E-state index in [1.54, 1.807) is 11.3 Å². The van der Waals surface area contributed by atoms with Crippen LogP contribution in [-0.2, 0) is 11.3 Å². The number of thiazole rings is 1. The van der Waals surface area contributed by atoms with Crippen LogP contribution in [0, 0.1) is 13.8 Å². The summed E-state index contributed by atoms with van der Waals surface area (Å²) in [4.78, 5) is 17.8. The molecule has 1 N–H and O–H groups in total. The zero-order chi connectivity index (χ0) is 17.6. The molecular weight excluding hydrogens is 356 g/mol. The van der Waals surface area contributed by atoms with Crippen LogP contribution in [0.2, 0.25) is 5.02 Å². The van der Waals surface area contributed by atoms with Crippen molar-refractivity contribution >= 4 is 34.7 Å². The number of nitrogens with one attached hydrogen (secondary N) is 1. The molecule has 0 radical (unpaired) electrons. The van der Waals surface area contributed by atoms with Crippen LogP contribution in [0.5, 0.6) is 0 Å². The Morgan fingerprint density at radius 1 is 1.32 bits per heavy atom. The Bertz CT molecular complexity index is 945. The first kappa shape index (κ1) is 16.3. The van der Waals surface area contributed by atoms with E-state index in [-0.39, 0.29) is 11.8 Å². The van der Waals surface area contributed by atoms with Crippen LogP contribution >= 0.6 is 22.9 Å². The highest BCUT2D eigenvalue weighted by Gasteiger charge is 2.33. The van der Waals surface area contributed by atoms with Crippen molar-refractivity contribution in [1.82, 2.24) is 14.8 Å². The standard InChI is InChI=1S/C18H17ClN4OS/c1-10-17-14(15-8-20-11(2)25-15)7-16(24)21-18(17)23(22-10)9-12-3-5-13(19)6-4-12/h3-6,8,14H,7,9H2,1-2H3,(H,21,24). The smallest absolute Gasteiger partial charge is 0.226 e. The lowest BCUT2D eigenvalue weighted by atomic mass is 9.91. The summed E-state index contributed by atoms with van der Waals surface area (Å²) in [5, 5.41) is 9.40. The first-order valence-electron chi connectivity index (χ1n) is 8.05. The number of rotatable bonds is 3. The number of benzene rings is 1. The van der Waals surface area contributed by atoms with Crippen LogP contribution in [-0.4, -0.2) is 20.7 Å². The maximum absolute atomic E-state index is 12.3. The van der Waals surface area contributed by atoms with Gasteiger partial charge < -0.3 is 5.32 Å². The van der Waals surface area contributed by atoms with Crippen LogP contribution in [0.4, 0.5) is 5.82 Å². The predicted molar refractivity (Wildman–Crippen MR) is 99.5 cm³/mol. The van der Waals surface area contributed by atoms with E-state index in [0.29, 0.717) is 18.0 Å². The van der Waals surface area contributed by atoms with Crippen LogP contribution in [0.3, 0.4) is 0 Å². The van der Waals surface area contributed by atoms with Crippen molar-refractivity contribution in [3.63, 3.8) is 0 Å². The molecule has 1 aromatic carbocycles. The Hall–Kier alpha value is -2.18. The lowest BCUT2D eigenvalue weighted by Crippen LogP contribution is -2.25. The maximum atomic E-state index is 12.3. The SMILES string of the molecule is Cc1ncc(C2CC(=O)Nc3c2c(C)nn3Cc2ccc(Cl)cc2)s1. The average molecular weight is 373 g/mol. The van der Waals surface area contributed by atoms with Gasteiger partial charge in [-0.2, -0.15) is 5.10 Å². The fourth-order valence-electron chi connectivity index (χ4n) is 3.27. The monoisotopic (exact) mass is 372 g/mol. The quantitative estimate of drug-likeness (QED) is 0.751. The van der Waals surface area contributed by atoms with Gasteiger partial charge in [0.05, 0.1) is 17.2 Å². The number of aryl methyl sites for hydroxylation is 2. The molecule has 3 aromatic rings. The molecule has 5 nitrogen and oxygen atoms in total. The normalized spacial score (nSPS) is 16.6. The molecule has 7 heteroatoms. The van der Waals surface area contributed by atoms with Gasteiger partial charge in [-0.25, -0.2) is 9.67 Å². The highest BCUT2D eigenvalue weighted by Crippen LogP contribution is 2.41. The van der Waals surface area contributed by atoms with Gasteiger partial charge in [0.2, 0.25) is 5.91 Å². The largest absolute Gasteiger partial charge is 0.311 e. The molecule has 0 saturated heterocycles. The minimum atomic E-state index is 0.0146. The molecule has 1 aliphatic rings.